The van der Waals surface area contributed by atoms with E-state index >= 15 is 0 Å². The van der Waals surface area contributed by atoms with Gasteiger partial charge in [-0.25, -0.2) is 0 Å². The summed E-state index contributed by atoms with van der Waals surface area (Å²) in [5.74, 6) is 0.578. The average Bonchev–Trinajstić information content (AvgIpc) is 2.64. The summed E-state index contributed by atoms with van der Waals surface area (Å²) in [5, 5.41) is 10.6. The number of nitro benzene ring substituents is 1. The van der Waals surface area contributed by atoms with Crippen LogP contribution >= 0.6 is 0 Å². The van der Waals surface area contributed by atoms with Crippen LogP contribution < -0.4 is 4.74 Å². The molecule has 0 saturated carbocycles. The molecule has 1 heterocycles. The number of non-ortho nitro benzene ring substituents is 1. The van der Waals surface area contributed by atoms with Crippen LogP contribution in [-0.4, -0.2) is 65.6 Å². The van der Waals surface area contributed by atoms with Gasteiger partial charge in [-0.05, 0) is 19.5 Å². The predicted octanol–water partition coefficient (Wildman–Crippen LogP) is 1.03. The van der Waals surface area contributed by atoms with Gasteiger partial charge in [0.1, 0.15) is 11.9 Å². The van der Waals surface area contributed by atoms with Crippen LogP contribution in [0.4, 0.5) is 5.69 Å². The molecule has 1 unspecified atom stereocenters. The Kier molecular flexibility index (Phi) is 5.39. The molecule has 0 N–H and O–H groups in total. The molecule has 1 aromatic rings. The van der Waals surface area contributed by atoms with Gasteiger partial charge in [-0.2, -0.15) is 0 Å². The maximum absolute atomic E-state index is 10.6. The third-order valence-electron chi connectivity index (χ3n) is 2.68. The van der Waals surface area contributed by atoms with Gasteiger partial charge in [0.25, 0.3) is 5.69 Å². The first-order valence-electron chi connectivity index (χ1n) is 5.25. The Hall–Kier alpha value is -0.620. The van der Waals surface area contributed by atoms with Crippen LogP contribution in [0.5, 0.6) is 5.75 Å². The van der Waals surface area contributed by atoms with E-state index in [9.17, 15) is 10.1 Å². The van der Waals surface area contributed by atoms with Gasteiger partial charge >= 0.3 is 29.6 Å². The van der Waals surface area contributed by atoms with Crippen molar-refractivity contribution < 1.29 is 9.66 Å². The number of hydrogen-bond acceptors (Lipinski definition) is 4. The van der Waals surface area contributed by atoms with Crippen molar-refractivity contribution in [3.8, 4) is 5.75 Å². The zero-order chi connectivity index (χ0) is 11.5. The van der Waals surface area contributed by atoms with Crippen molar-refractivity contribution in [3.63, 3.8) is 0 Å². The molecule has 1 atom stereocenters. The number of benzene rings is 1. The van der Waals surface area contributed by atoms with Crippen LogP contribution in [0.2, 0.25) is 0 Å². The number of likely N-dealkylation sites (N-methyl/N-ethyl adjacent to an activating group) is 1. The Bertz CT molecular complexity index is 400. The van der Waals surface area contributed by atoms with Crippen molar-refractivity contribution >= 4 is 35.2 Å². The van der Waals surface area contributed by atoms with Crippen LogP contribution in [0.15, 0.2) is 24.3 Å². The molecule has 1 aliphatic heterocycles. The van der Waals surface area contributed by atoms with Gasteiger partial charge in [-0.3, -0.25) is 10.1 Å². The zero-order valence-corrected chi connectivity index (χ0v) is 9.13. The zero-order valence-electron chi connectivity index (χ0n) is 9.13. The van der Waals surface area contributed by atoms with Crippen LogP contribution in [0.25, 0.3) is 0 Å². The second-order valence-corrected chi connectivity index (χ2v) is 4.05. The number of ether oxygens (including phenoxy) is 1. The van der Waals surface area contributed by atoms with E-state index in [-0.39, 0.29) is 41.3 Å². The second kappa shape index (κ2) is 6.35. The molecule has 0 aromatic heterocycles. The number of nitrogens with zero attached hydrogens (tertiary/aromatic N) is 2. The van der Waals surface area contributed by atoms with Crippen molar-refractivity contribution in [1.29, 1.82) is 0 Å². The first-order valence-corrected chi connectivity index (χ1v) is 5.25. The summed E-state index contributed by atoms with van der Waals surface area (Å²) in [6, 6.07) is 6.34. The normalized spacial score (nSPS) is 19.7. The second-order valence-electron chi connectivity index (χ2n) is 4.05. The van der Waals surface area contributed by atoms with Crippen molar-refractivity contribution in [2.24, 2.45) is 0 Å². The van der Waals surface area contributed by atoms with Crippen LogP contribution in [0.3, 0.4) is 0 Å². The van der Waals surface area contributed by atoms with Gasteiger partial charge in [0.05, 0.1) is 11.0 Å². The fraction of sp³-hybridized carbons (Fsp3) is 0.455. The van der Waals surface area contributed by atoms with Crippen molar-refractivity contribution in [1.82, 2.24) is 4.90 Å². The summed E-state index contributed by atoms with van der Waals surface area (Å²) in [4.78, 5) is 12.4. The molecule has 0 bridgehead atoms. The molecule has 1 fully saturated rings. The van der Waals surface area contributed by atoms with E-state index in [1.807, 2.05) is 7.05 Å². The van der Waals surface area contributed by atoms with Gasteiger partial charge in [0, 0.05) is 19.2 Å². The minimum absolute atomic E-state index is 0. The fourth-order valence-corrected chi connectivity index (χ4v) is 1.85. The molecular weight excluding hydrogens is 231 g/mol. The van der Waals surface area contributed by atoms with E-state index in [1.165, 1.54) is 12.1 Å². The first kappa shape index (κ1) is 14.4. The molecule has 6 heteroatoms. The quantitative estimate of drug-likeness (QED) is 0.454. The molecule has 5 nitrogen and oxygen atoms in total. The van der Waals surface area contributed by atoms with Crippen LogP contribution in [0, 0.1) is 10.1 Å². The molecule has 0 amide bonds. The number of hydrogen-bond donors (Lipinski definition) is 0. The molecule has 2 rings (SSSR count). The Morgan fingerprint density at radius 1 is 1.53 bits per heavy atom. The molecule has 17 heavy (non-hydrogen) atoms. The van der Waals surface area contributed by atoms with E-state index in [4.69, 9.17) is 4.74 Å². The van der Waals surface area contributed by atoms with Crippen LogP contribution in [0.1, 0.15) is 6.42 Å². The fourth-order valence-electron chi connectivity index (χ4n) is 1.85. The standard InChI is InChI=1S/C11H14N2O3.Na.H/c1-12-6-5-11(8-12)16-10-4-2-3-9(7-10)13(14)15;;/h2-4,7,11H,5-6,8H2,1H3;;. The maximum atomic E-state index is 10.6. The minimum atomic E-state index is -0.409. The summed E-state index contributed by atoms with van der Waals surface area (Å²) in [5.41, 5.74) is 0.0730. The van der Waals surface area contributed by atoms with Gasteiger partial charge in [-0.15, -0.1) is 0 Å². The van der Waals surface area contributed by atoms with E-state index in [0.717, 1.165) is 19.5 Å². The van der Waals surface area contributed by atoms with Gasteiger partial charge in [0.15, 0.2) is 0 Å². The SMILES string of the molecule is CN1CCC(Oc2cccc([N+](=O)[O-])c2)C1.[NaH]. The monoisotopic (exact) mass is 246 g/mol. The van der Waals surface area contributed by atoms with Crippen molar-refractivity contribution in [2.75, 3.05) is 20.1 Å². The molecular formula is C11H15N2NaO3. The van der Waals surface area contributed by atoms with Gasteiger partial charge < -0.3 is 9.64 Å². The van der Waals surface area contributed by atoms with Gasteiger partial charge in [0.2, 0.25) is 0 Å². The van der Waals surface area contributed by atoms with E-state index in [0.29, 0.717) is 5.75 Å². The summed E-state index contributed by atoms with van der Waals surface area (Å²) in [6.07, 6.45) is 1.12. The van der Waals surface area contributed by atoms with Crippen LogP contribution in [-0.2, 0) is 0 Å². The summed E-state index contributed by atoms with van der Waals surface area (Å²) in [6.45, 7) is 1.89. The summed E-state index contributed by atoms with van der Waals surface area (Å²) < 4.78 is 5.69. The van der Waals surface area contributed by atoms with Crippen molar-refractivity contribution in [2.45, 2.75) is 12.5 Å². The summed E-state index contributed by atoms with van der Waals surface area (Å²) in [7, 11) is 2.04. The number of nitro groups is 1. The van der Waals surface area contributed by atoms with E-state index in [1.54, 1.807) is 12.1 Å². The van der Waals surface area contributed by atoms with E-state index < -0.39 is 4.92 Å². The van der Waals surface area contributed by atoms with Crippen molar-refractivity contribution in [3.05, 3.63) is 34.4 Å². The van der Waals surface area contributed by atoms with E-state index in [2.05, 4.69) is 4.90 Å². The number of rotatable bonds is 3. The summed E-state index contributed by atoms with van der Waals surface area (Å²) >= 11 is 0. The van der Waals surface area contributed by atoms with Gasteiger partial charge in [-0.1, -0.05) is 6.07 Å². The average molecular weight is 246 g/mol. The molecule has 0 aliphatic carbocycles. The third-order valence-corrected chi connectivity index (χ3v) is 2.68. The molecule has 88 valence electrons. The molecule has 0 radical (unpaired) electrons. The molecule has 1 aliphatic rings. The molecule has 0 spiro atoms. The Labute approximate surface area is 122 Å². The molecule has 1 aromatic carbocycles. The predicted molar refractivity (Wildman–Crippen MR) is 66.8 cm³/mol. The molecule has 1 saturated heterocycles. The Balaban J connectivity index is 0.00000144. The Morgan fingerprint density at radius 2 is 2.29 bits per heavy atom. The Morgan fingerprint density at radius 3 is 2.88 bits per heavy atom. The number of likely N-dealkylation sites (tertiary alicyclic amines) is 1. The topological polar surface area (TPSA) is 55.6 Å². The first-order chi connectivity index (χ1) is 7.65. The third kappa shape index (κ3) is 3.96.